The van der Waals surface area contributed by atoms with Crippen LogP contribution in [0.2, 0.25) is 0 Å². The van der Waals surface area contributed by atoms with Crippen molar-refractivity contribution in [1.82, 2.24) is 0 Å². The molecule has 3 nitrogen and oxygen atoms in total. The van der Waals surface area contributed by atoms with E-state index >= 15 is 0 Å². The standard InChI is InChI=1S/C28H16O3/c29-26-21-12-6-7-13-22(21)28(30,17-16-18-8-2-1-3-9-18)25-24-20-11-5-4-10-19(20)14-15-23(24)31-27(25)26/h1-15,30H/t28-/m0/s1. The van der Waals surface area contributed by atoms with E-state index in [0.29, 0.717) is 22.3 Å². The van der Waals surface area contributed by atoms with E-state index in [4.69, 9.17) is 4.42 Å². The lowest BCUT2D eigenvalue weighted by atomic mass is 9.75. The second kappa shape index (κ2) is 6.43. The first-order valence-electron chi connectivity index (χ1n) is 10.1. The number of carbonyl (C=O) groups is 1. The highest BCUT2D eigenvalue weighted by Gasteiger charge is 2.45. The van der Waals surface area contributed by atoms with Crippen LogP contribution in [-0.4, -0.2) is 10.9 Å². The summed E-state index contributed by atoms with van der Waals surface area (Å²) < 4.78 is 6.04. The Morgan fingerprint density at radius 3 is 2.42 bits per heavy atom. The fourth-order valence-electron chi connectivity index (χ4n) is 4.44. The van der Waals surface area contributed by atoms with E-state index in [0.717, 1.165) is 21.7 Å². The Kier molecular flexibility index (Phi) is 3.67. The molecule has 6 rings (SSSR count). The third-order valence-corrected chi connectivity index (χ3v) is 5.87. The van der Waals surface area contributed by atoms with E-state index < -0.39 is 5.60 Å². The lowest BCUT2D eigenvalue weighted by molar-refractivity contribution is 0.0950. The van der Waals surface area contributed by atoms with Gasteiger partial charge in [0.1, 0.15) is 5.58 Å². The van der Waals surface area contributed by atoms with Gasteiger partial charge in [0.2, 0.25) is 5.78 Å². The molecule has 0 fully saturated rings. The second-order valence-corrected chi connectivity index (χ2v) is 7.67. The van der Waals surface area contributed by atoms with Crippen molar-refractivity contribution in [2.75, 3.05) is 0 Å². The van der Waals surface area contributed by atoms with Crippen molar-refractivity contribution in [3.63, 3.8) is 0 Å². The smallest absolute Gasteiger partial charge is 0.229 e. The molecule has 0 aliphatic heterocycles. The van der Waals surface area contributed by atoms with Crippen LogP contribution in [0.4, 0.5) is 0 Å². The third kappa shape index (κ3) is 2.49. The average Bonchev–Trinajstić information content (AvgIpc) is 3.24. The zero-order chi connectivity index (χ0) is 21.0. The minimum absolute atomic E-state index is 0.148. The number of carbonyl (C=O) groups excluding carboxylic acids is 1. The summed E-state index contributed by atoms with van der Waals surface area (Å²) in [6.45, 7) is 0. The fourth-order valence-corrected chi connectivity index (χ4v) is 4.44. The molecule has 1 N–H and O–H groups in total. The summed E-state index contributed by atoms with van der Waals surface area (Å²) in [6.07, 6.45) is 0. The quantitative estimate of drug-likeness (QED) is 0.353. The third-order valence-electron chi connectivity index (χ3n) is 5.87. The van der Waals surface area contributed by atoms with E-state index in [1.165, 1.54) is 0 Å². The molecule has 0 amide bonds. The van der Waals surface area contributed by atoms with Gasteiger partial charge in [0, 0.05) is 22.1 Å². The van der Waals surface area contributed by atoms with Gasteiger partial charge in [0.05, 0.1) is 5.56 Å². The molecule has 31 heavy (non-hydrogen) atoms. The molecule has 1 aromatic heterocycles. The Labute approximate surface area is 178 Å². The molecule has 146 valence electrons. The highest BCUT2D eigenvalue weighted by Crippen LogP contribution is 2.46. The summed E-state index contributed by atoms with van der Waals surface area (Å²) >= 11 is 0. The Morgan fingerprint density at radius 1 is 0.806 bits per heavy atom. The fraction of sp³-hybridized carbons (Fsp3) is 0.0357. The number of ketones is 1. The highest BCUT2D eigenvalue weighted by molar-refractivity contribution is 6.18. The molecule has 1 atom stereocenters. The zero-order valence-corrected chi connectivity index (χ0v) is 16.4. The monoisotopic (exact) mass is 400 g/mol. The SMILES string of the molecule is O=C1c2ccccc2[C@@](O)(C#Cc2ccccc2)c2c1oc1ccc3ccccc3c21. The van der Waals surface area contributed by atoms with E-state index in [2.05, 4.69) is 11.8 Å². The number of aliphatic hydroxyl groups is 1. The van der Waals surface area contributed by atoms with Crippen molar-refractivity contribution in [2.45, 2.75) is 5.60 Å². The van der Waals surface area contributed by atoms with Crippen LogP contribution in [-0.2, 0) is 5.60 Å². The molecular formula is C28H16O3. The van der Waals surface area contributed by atoms with Gasteiger partial charge in [-0.05, 0) is 29.0 Å². The van der Waals surface area contributed by atoms with Crippen molar-refractivity contribution < 1.29 is 14.3 Å². The van der Waals surface area contributed by atoms with E-state index in [-0.39, 0.29) is 11.5 Å². The average molecular weight is 400 g/mol. The number of hydrogen-bond donors (Lipinski definition) is 1. The maximum atomic E-state index is 13.3. The predicted octanol–water partition coefficient (Wildman–Crippen LogP) is 5.42. The van der Waals surface area contributed by atoms with Crippen molar-refractivity contribution in [1.29, 1.82) is 0 Å². The Morgan fingerprint density at radius 2 is 1.55 bits per heavy atom. The summed E-state index contributed by atoms with van der Waals surface area (Å²) in [4.78, 5) is 13.3. The zero-order valence-electron chi connectivity index (χ0n) is 16.4. The van der Waals surface area contributed by atoms with Crippen LogP contribution < -0.4 is 0 Å². The number of hydrogen-bond acceptors (Lipinski definition) is 3. The van der Waals surface area contributed by atoms with Crippen molar-refractivity contribution in [3.05, 3.63) is 119 Å². The minimum Gasteiger partial charge on any atom is -0.452 e. The Bertz CT molecular complexity index is 1560. The molecule has 0 unspecified atom stereocenters. The molecule has 3 heteroatoms. The molecular weight excluding hydrogens is 384 g/mol. The lowest BCUT2D eigenvalue weighted by Gasteiger charge is -2.29. The van der Waals surface area contributed by atoms with Gasteiger partial charge >= 0.3 is 0 Å². The van der Waals surface area contributed by atoms with Gasteiger partial charge in [-0.1, -0.05) is 84.6 Å². The number of benzene rings is 4. The van der Waals surface area contributed by atoms with Gasteiger partial charge < -0.3 is 9.52 Å². The van der Waals surface area contributed by atoms with Crippen molar-refractivity contribution in [2.24, 2.45) is 0 Å². The first-order chi connectivity index (χ1) is 15.2. The van der Waals surface area contributed by atoms with Crippen molar-refractivity contribution in [3.8, 4) is 11.8 Å². The van der Waals surface area contributed by atoms with Crippen LogP contribution in [0.25, 0.3) is 21.7 Å². The maximum absolute atomic E-state index is 13.3. The van der Waals surface area contributed by atoms with Gasteiger partial charge in [-0.15, -0.1) is 0 Å². The highest BCUT2D eigenvalue weighted by atomic mass is 16.3. The molecule has 1 heterocycles. The Hall–Kier alpha value is -4.13. The molecule has 0 saturated carbocycles. The van der Waals surface area contributed by atoms with Crippen LogP contribution in [0.5, 0.6) is 0 Å². The van der Waals surface area contributed by atoms with Crippen LogP contribution in [0.1, 0.15) is 32.8 Å². The topological polar surface area (TPSA) is 50.4 Å². The van der Waals surface area contributed by atoms with Crippen LogP contribution in [0.3, 0.4) is 0 Å². The summed E-state index contributed by atoms with van der Waals surface area (Å²) in [5.74, 6) is 6.09. The first-order valence-corrected chi connectivity index (χ1v) is 10.1. The molecule has 4 aromatic carbocycles. The van der Waals surface area contributed by atoms with E-state index in [1.807, 2.05) is 72.8 Å². The molecule has 0 bridgehead atoms. The largest absolute Gasteiger partial charge is 0.452 e. The minimum atomic E-state index is -1.69. The number of furan rings is 1. The predicted molar refractivity (Wildman–Crippen MR) is 120 cm³/mol. The van der Waals surface area contributed by atoms with Gasteiger partial charge in [-0.2, -0.15) is 0 Å². The summed E-state index contributed by atoms with van der Waals surface area (Å²) in [7, 11) is 0. The Balaban J connectivity index is 1.75. The van der Waals surface area contributed by atoms with Gasteiger partial charge in [-0.3, -0.25) is 4.79 Å². The van der Waals surface area contributed by atoms with Crippen molar-refractivity contribution >= 4 is 27.5 Å². The molecule has 0 spiro atoms. The molecule has 1 aliphatic rings. The molecule has 0 radical (unpaired) electrons. The van der Waals surface area contributed by atoms with E-state index in [9.17, 15) is 9.90 Å². The van der Waals surface area contributed by atoms with Crippen LogP contribution >= 0.6 is 0 Å². The normalized spacial score (nSPS) is 17.1. The summed E-state index contributed by atoms with van der Waals surface area (Å²) in [6, 6.07) is 28.2. The summed E-state index contributed by atoms with van der Waals surface area (Å²) in [5, 5.41) is 14.8. The first kappa shape index (κ1) is 17.7. The van der Waals surface area contributed by atoms with Gasteiger partial charge in [0.15, 0.2) is 11.4 Å². The van der Waals surface area contributed by atoms with Gasteiger partial charge in [0.25, 0.3) is 0 Å². The van der Waals surface area contributed by atoms with Gasteiger partial charge in [-0.25, -0.2) is 0 Å². The van der Waals surface area contributed by atoms with Crippen LogP contribution in [0, 0.1) is 11.8 Å². The number of fused-ring (bicyclic) bond motifs is 6. The molecule has 5 aromatic rings. The number of rotatable bonds is 0. The summed E-state index contributed by atoms with van der Waals surface area (Å²) in [5.41, 5.74) is 0.959. The maximum Gasteiger partial charge on any atom is 0.229 e. The van der Waals surface area contributed by atoms with E-state index in [1.54, 1.807) is 18.2 Å². The van der Waals surface area contributed by atoms with Crippen LogP contribution in [0.15, 0.2) is 95.4 Å². The lowest BCUT2D eigenvalue weighted by Crippen LogP contribution is -2.33. The second-order valence-electron chi connectivity index (χ2n) is 7.67. The molecule has 1 aliphatic carbocycles. The molecule has 0 saturated heterocycles.